The quantitative estimate of drug-likeness (QED) is 0.478. The fourth-order valence-corrected chi connectivity index (χ4v) is 4.75. The Kier molecular flexibility index (Phi) is 5.92. The Labute approximate surface area is 179 Å². The minimum atomic E-state index is -3.70. The summed E-state index contributed by atoms with van der Waals surface area (Å²) in [6.07, 6.45) is 1.28. The number of halogens is 1. The van der Waals surface area contributed by atoms with Crippen molar-refractivity contribution in [2.24, 2.45) is 0 Å². The molecular weight excluding hydrogens is 428 g/mol. The Morgan fingerprint density at radius 2 is 1.77 bits per heavy atom. The summed E-state index contributed by atoms with van der Waals surface area (Å²) in [6, 6.07) is 16.0. The van der Waals surface area contributed by atoms with E-state index in [4.69, 9.17) is 21.1 Å². The van der Waals surface area contributed by atoms with E-state index in [0.717, 1.165) is 11.1 Å². The second-order valence-corrected chi connectivity index (χ2v) is 9.01. The van der Waals surface area contributed by atoms with Crippen LogP contribution in [0.15, 0.2) is 65.7 Å². The normalized spacial score (nSPS) is 15.1. The highest BCUT2D eigenvalue weighted by molar-refractivity contribution is 7.89. The fourth-order valence-electron chi connectivity index (χ4n) is 3.13. The first kappa shape index (κ1) is 20.6. The van der Waals surface area contributed by atoms with Crippen molar-refractivity contribution >= 4 is 27.6 Å². The summed E-state index contributed by atoms with van der Waals surface area (Å²) in [4.78, 5) is 15.2. The van der Waals surface area contributed by atoms with Crippen molar-refractivity contribution in [1.29, 1.82) is 0 Å². The van der Waals surface area contributed by atoms with E-state index in [-0.39, 0.29) is 34.5 Å². The van der Waals surface area contributed by atoms with E-state index in [2.05, 4.69) is 4.98 Å². The molecule has 0 amide bonds. The molecule has 0 radical (unpaired) electrons. The largest absolute Gasteiger partial charge is 0.420 e. The van der Waals surface area contributed by atoms with Gasteiger partial charge in [-0.3, -0.25) is 0 Å². The minimum Gasteiger partial charge on any atom is -0.420 e. The number of ether oxygens (including phenoxy) is 2. The third-order valence-electron chi connectivity index (χ3n) is 4.73. The first-order valence-electron chi connectivity index (χ1n) is 9.28. The summed E-state index contributed by atoms with van der Waals surface area (Å²) in [5.41, 5.74) is 1.89. The number of aromatic nitrogens is 1. The lowest BCUT2D eigenvalue weighted by molar-refractivity contribution is 0.0726. The molecule has 1 aromatic heterocycles. The smallest absolute Gasteiger partial charge is 0.360 e. The summed E-state index contributed by atoms with van der Waals surface area (Å²) in [7, 11) is -3.70. The van der Waals surface area contributed by atoms with Gasteiger partial charge in [0.25, 0.3) is 0 Å². The highest BCUT2D eigenvalue weighted by atomic mass is 35.5. The van der Waals surface area contributed by atoms with Gasteiger partial charge in [0.05, 0.1) is 18.2 Å². The van der Waals surface area contributed by atoms with Crippen LogP contribution in [0.25, 0.3) is 11.1 Å². The third-order valence-corrected chi connectivity index (χ3v) is 6.90. The molecule has 1 aliphatic rings. The number of carbonyl (C=O) groups is 1. The molecule has 0 atom stereocenters. The number of H-pyrrole nitrogens is 1. The van der Waals surface area contributed by atoms with Crippen LogP contribution in [0.4, 0.5) is 0 Å². The maximum absolute atomic E-state index is 12.7. The molecule has 0 aliphatic carbocycles. The van der Waals surface area contributed by atoms with Crippen LogP contribution in [0, 0.1) is 0 Å². The number of morpholine rings is 1. The number of hydrogen-bond donors (Lipinski definition) is 1. The molecule has 9 heteroatoms. The van der Waals surface area contributed by atoms with Crippen molar-refractivity contribution < 1.29 is 22.7 Å². The second kappa shape index (κ2) is 8.61. The van der Waals surface area contributed by atoms with Crippen molar-refractivity contribution in [1.82, 2.24) is 9.29 Å². The molecule has 2 aromatic carbocycles. The van der Waals surface area contributed by atoms with E-state index in [1.54, 1.807) is 18.2 Å². The molecule has 3 aromatic rings. The number of benzene rings is 2. The van der Waals surface area contributed by atoms with Crippen LogP contribution in [0.3, 0.4) is 0 Å². The van der Waals surface area contributed by atoms with Crippen molar-refractivity contribution in [3.05, 3.63) is 71.5 Å². The number of rotatable bonds is 5. The summed E-state index contributed by atoms with van der Waals surface area (Å²) < 4.78 is 37.2. The average molecular weight is 447 g/mol. The van der Waals surface area contributed by atoms with Crippen LogP contribution in [0.1, 0.15) is 10.5 Å². The van der Waals surface area contributed by atoms with Crippen molar-refractivity contribution in [2.75, 3.05) is 26.3 Å². The molecule has 1 aliphatic heterocycles. The Morgan fingerprint density at radius 1 is 1.03 bits per heavy atom. The number of aromatic amines is 1. The predicted molar refractivity (Wildman–Crippen MR) is 112 cm³/mol. The first-order chi connectivity index (χ1) is 14.4. The molecule has 30 heavy (non-hydrogen) atoms. The lowest BCUT2D eigenvalue weighted by Crippen LogP contribution is -2.40. The van der Waals surface area contributed by atoms with E-state index >= 15 is 0 Å². The third kappa shape index (κ3) is 4.27. The molecule has 1 N–H and O–H groups in total. The number of nitrogens with one attached hydrogen (secondary N) is 1. The number of sulfonamides is 1. The van der Waals surface area contributed by atoms with Crippen LogP contribution in [0.2, 0.25) is 5.02 Å². The van der Waals surface area contributed by atoms with Crippen molar-refractivity contribution in [3.8, 4) is 16.9 Å². The minimum absolute atomic E-state index is 0.00173. The van der Waals surface area contributed by atoms with Crippen LogP contribution in [-0.4, -0.2) is 50.0 Å². The van der Waals surface area contributed by atoms with E-state index in [0.29, 0.717) is 13.2 Å². The van der Waals surface area contributed by atoms with E-state index in [1.165, 1.54) is 16.6 Å². The van der Waals surface area contributed by atoms with Gasteiger partial charge < -0.3 is 14.5 Å². The van der Waals surface area contributed by atoms with Gasteiger partial charge in [0, 0.05) is 19.3 Å². The van der Waals surface area contributed by atoms with Gasteiger partial charge in [-0.1, -0.05) is 48.0 Å². The standard InChI is InChI=1S/C21H19ClN2O5S/c22-18-12-16(15-4-2-1-3-5-15)6-7-20(18)29-21(25)19-13-17(14-23-19)30(26,27)24-8-10-28-11-9-24/h1-7,12-14,23H,8-11H2. The zero-order chi connectivity index (χ0) is 21.1. The number of esters is 1. The lowest BCUT2D eigenvalue weighted by Gasteiger charge is -2.25. The van der Waals surface area contributed by atoms with Gasteiger partial charge >= 0.3 is 5.97 Å². The van der Waals surface area contributed by atoms with E-state index in [9.17, 15) is 13.2 Å². The van der Waals surface area contributed by atoms with Gasteiger partial charge in [0.15, 0.2) is 0 Å². The molecule has 4 rings (SSSR count). The SMILES string of the molecule is O=C(Oc1ccc(-c2ccccc2)cc1Cl)c1cc(S(=O)(=O)N2CCOCC2)c[nH]1. The highest BCUT2D eigenvalue weighted by Gasteiger charge is 2.28. The first-order valence-corrected chi connectivity index (χ1v) is 11.1. The molecule has 0 unspecified atom stereocenters. The summed E-state index contributed by atoms with van der Waals surface area (Å²) in [6.45, 7) is 1.24. The highest BCUT2D eigenvalue weighted by Crippen LogP contribution is 2.31. The summed E-state index contributed by atoms with van der Waals surface area (Å²) in [5, 5.41) is 0.275. The molecule has 2 heterocycles. The topological polar surface area (TPSA) is 88.7 Å². The molecule has 0 bridgehead atoms. The van der Waals surface area contributed by atoms with Crippen molar-refractivity contribution in [2.45, 2.75) is 4.90 Å². The maximum Gasteiger partial charge on any atom is 0.360 e. The van der Waals surface area contributed by atoms with Crippen LogP contribution in [-0.2, 0) is 14.8 Å². The number of nitrogens with zero attached hydrogens (tertiary/aromatic N) is 1. The zero-order valence-corrected chi connectivity index (χ0v) is 17.4. The second-order valence-electron chi connectivity index (χ2n) is 6.67. The Bertz CT molecular complexity index is 1160. The predicted octanol–water partition coefficient (Wildman–Crippen LogP) is 3.58. The summed E-state index contributed by atoms with van der Waals surface area (Å²) >= 11 is 6.29. The molecule has 1 fully saturated rings. The zero-order valence-electron chi connectivity index (χ0n) is 15.9. The Morgan fingerprint density at radius 3 is 2.47 bits per heavy atom. The lowest BCUT2D eigenvalue weighted by atomic mass is 10.1. The van der Waals surface area contributed by atoms with Gasteiger partial charge in [0.1, 0.15) is 16.3 Å². The number of carbonyl (C=O) groups excluding carboxylic acids is 1. The molecule has 0 spiro atoms. The molecule has 7 nitrogen and oxygen atoms in total. The summed E-state index contributed by atoms with van der Waals surface area (Å²) in [5.74, 6) is -0.540. The Balaban J connectivity index is 1.50. The fraction of sp³-hybridized carbons (Fsp3) is 0.190. The van der Waals surface area contributed by atoms with E-state index < -0.39 is 16.0 Å². The van der Waals surface area contributed by atoms with Crippen LogP contribution >= 0.6 is 11.6 Å². The average Bonchev–Trinajstić information content (AvgIpc) is 3.28. The molecular formula is C21H19ClN2O5S. The molecule has 0 saturated carbocycles. The van der Waals surface area contributed by atoms with Gasteiger partial charge in [0.2, 0.25) is 10.0 Å². The molecule has 156 valence electrons. The monoisotopic (exact) mass is 446 g/mol. The van der Waals surface area contributed by atoms with Crippen LogP contribution in [0.5, 0.6) is 5.75 Å². The molecule has 1 saturated heterocycles. The Hall–Kier alpha value is -2.65. The van der Waals surface area contributed by atoms with Gasteiger partial charge in [-0.05, 0) is 29.3 Å². The van der Waals surface area contributed by atoms with Gasteiger partial charge in [-0.25, -0.2) is 13.2 Å². The van der Waals surface area contributed by atoms with E-state index in [1.807, 2.05) is 30.3 Å². The maximum atomic E-state index is 12.7. The van der Waals surface area contributed by atoms with Gasteiger partial charge in [-0.15, -0.1) is 0 Å². The van der Waals surface area contributed by atoms with Gasteiger partial charge in [-0.2, -0.15) is 4.31 Å². The number of hydrogen-bond acceptors (Lipinski definition) is 5. The van der Waals surface area contributed by atoms with Crippen LogP contribution < -0.4 is 4.74 Å². The van der Waals surface area contributed by atoms with Crippen molar-refractivity contribution in [3.63, 3.8) is 0 Å².